The smallest absolute Gasteiger partial charge is 0.406 e. The van der Waals surface area contributed by atoms with E-state index in [4.69, 9.17) is 4.74 Å². The van der Waals surface area contributed by atoms with Gasteiger partial charge < -0.3 is 25.0 Å². The lowest BCUT2D eigenvalue weighted by Crippen LogP contribution is -2.37. The minimum Gasteiger partial charge on any atom is -0.406 e. The average molecular weight is 439 g/mol. The van der Waals surface area contributed by atoms with Gasteiger partial charge in [-0.3, -0.25) is 4.79 Å². The van der Waals surface area contributed by atoms with E-state index in [-0.39, 0.29) is 11.7 Å². The number of benzene rings is 2. The number of hydrogen-bond acceptors (Lipinski definition) is 5. The molecule has 0 unspecified atom stereocenters. The molecule has 2 aromatic rings. The number of halogens is 3. The highest BCUT2D eigenvalue weighted by molar-refractivity contribution is 6.09. The molecule has 1 amide bonds. The molecule has 0 bridgehead atoms. The number of nitrogens with one attached hydrogen (secondary N) is 2. The van der Waals surface area contributed by atoms with Gasteiger partial charge in [0.05, 0.1) is 24.5 Å². The molecule has 0 atom stereocenters. The van der Waals surface area contributed by atoms with Gasteiger partial charge in [-0.1, -0.05) is 13.8 Å². The fraction of sp³-hybridized carbons (Fsp3) is 0.409. The van der Waals surface area contributed by atoms with Gasteiger partial charge in [-0.25, -0.2) is 0 Å². The molecule has 1 saturated heterocycles. The molecule has 0 aromatic heterocycles. The predicted molar refractivity (Wildman–Crippen MR) is 116 cm³/mol. The number of morpholine rings is 1. The van der Waals surface area contributed by atoms with Crippen molar-refractivity contribution in [2.75, 3.05) is 48.9 Å². The number of carbonyl (C=O) groups is 1. The van der Waals surface area contributed by atoms with Gasteiger partial charge in [0, 0.05) is 31.5 Å². The summed E-state index contributed by atoms with van der Waals surface area (Å²) in [4.78, 5) is 15.1. The number of alkyl halides is 3. The van der Waals surface area contributed by atoms with Gasteiger partial charge >= 0.3 is 6.36 Å². The molecule has 9 heteroatoms. The minimum atomic E-state index is -4.76. The summed E-state index contributed by atoms with van der Waals surface area (Å²) < 4.78 is 46.1. The van der Waals surface area contributed by atoms with Gasteiger partial charge in [0.2, 0.25) is 0 Å². The Bertz CT molecular complexity index is 865. The number of carbonyl (C=O) groups excluding carboxylic acids is 1. The second-order valence-corrected chi connectivity index (χ2v) is 6.56. The number of rotatable bonds is 5. The fourth-order valence-electron chi connectivity index (χ4n) is 3.15. The Hall–Kier alpha value is -2.94. The van der Waals surface area contributed by atoms with Gasteiger partial charge in [-0.05, 0) is 48.9 Å². The van der Waals surface area contributed by atoms with E-state index in [9.17, 15) is 18.0 Å². The summed E-state index contributed by atoms with van der Waals surface area (Å²) in [6.45, 7) is 8.45. The van der Waals surface area contributed by atoms with Gasteiger partial charge in [-0.15, -0.1) is 13.2 Å². The predicted octanol–water partition coefficient (Wildman–Crippen LogP) is 5.05. The molecule has 170 valence electrons. The van der Waals surface area contributed by atoms with E-state index in [1.54, 1.807) is 13.1 Å². The second kappa shape index (κ2) is 10.9. The van der Waals surface area contributed by atoms with Crippen LogP contribution in [0.1, 0.15) is 29.8 Å². The van der Waals surface area contributed by atoms with Crippen LogP contribution >= 0.6 is 0 Å². The highest BCUT2D eigenvalue weighted by atomic mass is 19.4. The van der Waals surface area contributed by atoms with Crippen LogP contribution in [-0.2, 0) is 4.74 Å². The van der Waals surface area contributed by atoms with Crippen LogP contribution in [0.3, 0.4) is 0 Å². The van der Waals surface area contributed by atoms with E-state index in [0.717, 1.165) is 29.1 Å². The van der Waals surface area contributed by atoms with Crippen molar-refractivity contribution in [1.82, 2.24) is 0 Å². The summed E-state index contributed by atoms with van der Waals surface area (Å²) in [5.41, 5.74) is 3.45. The van der Waals surface area contributed by atoms with Gasteiger partial charge in [0.1, 0.15) is 5.75 Å². The Morgan fingerprint density at radius 2 is 1.71 bits per heavy atom. The van der Waals surface area contributed by atoms with Crippen LogP contribution in [0.2, 0.25) is 0 Å². The first-order valence-corrected chi connectivity index (χ1v) is 10.1. The van der Waals surface area contributed by atoms with E-state index in [1.165, 1.54) is 12.1 Å². The first-order chi connectivity index (χ1) is 14.8. The Labute approximate surface area is 180 Å². The SMILES string of the molecule is CC.CNc1cc(C(=O)Nc2ccc(OC(F)(F)F)cc2)c(N2CCOCC2)cc1C. The summed E-state index contributed by atoms with van der Waals surface area (Å²) in [5, 5.41) is 5.80. The minimum absolute atomic E-state index is 0.350. The highest BCUT2D eigenvalue weighted by Gasteiger charge is 2.31. The molecular formula is C22H28F3N3O3. The van der Waals surface area contributed by atoms with E-state index in [0.29, 0.717) is 37.6 Å². The van der Waals surface area contributed by atoms with Crippen molar-refractivity contribution in [3.63, 3.8) is 0 Å². The van der Waals surface area contributed by atoms with E-state index >= 15 is 0 Å². The summed E-state index contributed by atoms with van der Waals surface area (Å²) in [7, 11) is 1.78. The van der Waals surface area contributed by atoms with Crippen molar-refractivity contribution >= 4 is 23.0 Å². The first kappa shape index (κ1) is 24.3. The zero-order chi connectivity index (χ0) is 23.0. The van der Waals surface area contributed by atoms with Gasteiger partial charge in [0.15, 0.2) is 0 Å². The molecular weight excluding hydrogens is 411 g/mol. The summed E-state index contributed by atoms with van der Waals surface area (Å²) in [6.07, 6.45) is -4.76. The maximum Gasteiger partial charge on any atom is 0.573 e. The number of anilines is 3. The Morgan fingerprint density at radius 3 is 2.26 bits per heavy atom. The molecule has 0 spiro atoms. The van der Waals surface area contributed by atoms with Crippen molar-refractivity contribution in [3.05, 3.63) is 47.5 Å². The van der Waals surface area contributed by atoms with Gasteiger partial charge in [-0.2, -0.15) is 0 Å². The van der Waals surface area contributed by atoms with E-state index < -0.39 is 6.36 Å². The molecule has 1 aliphatic rings. The number of hydrogen-bond donors (Lipinski definition) is 2. The van der Waals surface area contributed by atoms with Crippen LogP contribution < -0.4 is 20.3 Å². The molecule has 31 heavy (non-hydrogen) atoms. The van der Waals surface area contributed by atoms with Crippen LogP contribution in [0.4, 0.5) is 30.2 Å². The third-order valence-electron chi connectivity index (χ3n) is 4.55. The molecule has 1 aliphatic heterocycles. The summed E-state index contributed by atoms with van der Waals surface area (Å²) >= 11 is 0. The number of amides is 1. The van der Waals surface area contributed by atoms with Crippen LogP contribution in [0.25, 0.3) is 0 Å². The first-order valence-electron chi connectivity index (χ1n) is 10.1. The number of nitrogens with zero attached hydrogens (tertiary/aromatic N) is 1. The Balaban J connectivity index is 0.00000166. The maximum atomic E-state index is 13.0. The summed E-state index contributed by atoms with van der Waals surface area (Å²) in [6, 6.07) is 8.75. The van der Waals surface area contributed by atoms with Crippen molar-refractivity contribution in [2.24, 2.45) is 0 Å². The quantitative estimate of drug-likeness (QED) is 0.683. The van der Waals surface area contributed by atoms with Crippen molar-refractivity contribution in [3.8, 4) is 5.75 Å². The Morgan fingerprint density at radius 1 is 1.10 bits per heavy atom. The fourth-order valence-corrected chi connectivity index (χ4v) is 3.15. The molecule has 6 nitrogen and oxygen atoms in total. The van der Waals surface area contributed by atoms with Crippen LogP contribution in [0, 0.1) is 6.92 Å². The Kier molecular flexibility index (Phi) is 8.56. The molecule has 3 rings (SSSR count). The molecule has 0 saturated carbocycles. The standard InChI is InChI=1S/C20H22F3N3O3.C2H6/c1-13-11-18(26-7-9-28-10-8-26)16(12-17(13)24-2)19(27)25-14-3-5-15(6-4-14)29-20(21,22)23;1-2/h3-6,11-12,24H,7-10H2,1-2H3,(H,25,27);1-2H3. The molecule has 2 aromatic carbocycles. The topological polar surface area (TPSA) is 62.8 Å². The number of aryl methyl sites for hydroxylation is 1. The number of ether oxygens (including phenoxy) is 2. The average Bonchev–Trinajstić information content (AvgIpc) is 2.76. The van der Waals surface area contributed by atoms with Crippen molar-refractivity contribution in [1.29, 1.82) is 0 Å². The van der Waals surface area contributed by atoms with Gasteiger partial charge in [0.25, 0.3) is 5.91 Å². The highest BCUT2D eigenvalue weighted by Crippen LogP contribution is 2.30. The van der Waals surface area contributed by atoms with Crippen LogP contribution in [0.5, 0.6) is 5.75 Å². The summed E-state index contributed by atoms with van der Waals surface area (Å²) in [5.74, 6) is -0.704. The molecule has 0 aliphatic carbocycles. The lowest BCUT2D eigenvalue weighted by Gasteiger charge is -2.31. The van der Waals surface area contributed by atoms with Crippen LogP contribution in [0.15, 0.2) is 36.4 Å². The van der Waals surface area contributed by atoms with Crippen molar-refractivity contribution in [2.45, 2.75) is 27.1 Å². The third kappa shape index (κ3) is 6.78. The molecule has 1 heterocycles. The molecule has 2 N–H and O–H groups in total. The van der Waals surface area contributed by atoms with E-state index in [2.05, 4.69) is 20.3 Å². The normalized spacial score (nSPS) is 13.7. The lowest BCUT2D eigenvalue weighted by atomic mass is 10.0. The largest absolute Gasteiger partial charge is 0.573 e. The van der Waals surface area contributed by atoms with Crippen LogP contribution in [-0.4, -0.2) is 45.6 Å². The molecule has 0 radical (unpaired) electrons. The maximum absolute atomic E-state index is 13.0. The van der Waals surface area contributed by atoms with E-state index in [1.807, 2.05) is 26.8 Å². The van der Waals surface area contributed by atoms with Crippen molar-refractivity contribution < 1.29 is 27.4 Å². The monoisotopic (exact) mass is 439 g/mol. The zero-order valence-corrected chi connectivity index (χ0v) is 18.1. The lowest BCUT2D eigenvalue weighted by molar-refractivity contribution is -0.274. The zero-order valence-electron chi connectivity index (χ0n) is 18.1. The molecule has 1 fully saturated rings. The second-order valence-electron chi connectivity index (χ2n) is 6.56. The third-order valence-corrected chi connectivity index (χ3v) is 4.55.